The molecular formula is C19H20F3N3O2S2. The van der Waals surface area contributed by atoms with E-state index in [0.717, 1.165) is 17.8 Å². The van der Waals surface area contributed by atoms with Crippen LogP contribution in [0.15, 0.2) is 23.1 Å². The summed E-state index contributed by atoms with van der Waals surface area (Å²) < 4.78 is 42.1. The van der Waals surface area contributed by atoms with Gasteiger partial charge < -0.3 is 10.2 Å². The van der Waals surface area contributed by atoms with Crippen LogP contribution in [0, 0.1) is 6.92 Å². The Hall–Kier alpha value is -1.62. The van der Waals surface area contributed by atoms with Crippen LogP contribution < -0.4 is 0 Å². The maximum Gasteiger partial charge on any atom is 0.417 e. The van der Waals surface area contributed by atoms with Crippen molar-refractivity contribution >= 4 is 28.1 Å². The minimum Gasteiger partial charge on any atom is -0.393 e. The number of benzene rings is 1. The summed E-state index contributed by atoms with van der Waals surface area (Å²) >= 11 is 2.40. The van der Waals surface area contributed by atoms with Crippen LogP contribution in [0.25, 0.3) is 16.2 Å². The summed E-state index contributed by atoms with van der Waals surface area (Å²) in [5.74, 6) is 0. The number of nitrogens with zero attached hydrogens (tertiary/aromatic N) is 3. The maximum absolute atomic E-state index is 13.5. The number of imidazole rings is 1. The molecule has 0 saturated heterocycles. The molecular weight excluding hydrogens is 423 g/mol. The molecule has 1 aliphatic rings. The van der Waals surface area contributed by atoms with Crippen LogP contribution in [0.3, 0.4) is 0 Å². The molecule has 4 rings (SSSR count). The Labute approximate surface area is 173 Å². The maximum atomic E-state index is 13.5. The van der Waals surface area contributed by atoms with E-state index < -0.39 is 23.4 Å². The number of alkyl halides is 3. The fraction of sp³-hybridized carbons (Fsp3) is 0.474. The highest BCUT2D eigenvalue weighted by Crippen LogP contribution is 2.44. The normalized spacial score (nSPS) is 20.3. The van der Waals surface area contributed by atoms with Crippen molar-refractivity contribution in [3.05, 3.63) is 34.5 Å². The third-order valence-electron chi connectivity index (χ3n) is 4.83. The van der Waals surface area contributed by atoms with Crippen molar-refractivity contribution in [2.24, 2.45) is 0 Å². The number of halogens is 3. The number of fused-ring (bicyclic) bond motifs is 1. The molecule has 2 N–H and O–H groups in total. The standard InChI is InChI=1S/C19H20F3N3O2S2/c1-9-15(25-17(23-9)29-16(24-25)18(2,3)27)10-4-5-13(19(20,21)22)14(6-10)28-12-7-11(26)8-12/h4-6,11-12,26-27H,7-8H2,1-3H3/t11-,12-. The minimum absolute atomic E-state index is 0.0334. The Kier molecular flexibility index (Phi) is 4.96. The Morgan fingerprint density at radius 3 is 2.52 bits per heavy atom. The van der Waals surface area contributed by atoms with Gasteiger partial charge in [0.15, 0.2) is 0 Å². The van der Waals surface area contributed by atoms with Crippen molar-refractivity contribution in [2.45, 2.75) is 61.6 Å². The number of thioether (sulfide) groups is 1. The highest BCUT2D eigenvalue weighted by Gasteiger charge is 2.36. The Morgan fingerprint density at radius 1 is 1.24 bits per heavy atom. The number of rotatable bonds is 4. The van der Waals surface area contributed by atoms with Crippen LogP contribution in [0.1, 0.15) is 43.0 Å². The van der Waals surface area contributed by atoms with Gasteiger partial charge in [-0.25, -0.2) is 9.50 Å². The highest BCUT2D eigenvalue weighted by molar-refractivity contribution is 8.00. The molecule has 0 amide bonds. The average Bonchev–Trinajstić information content (AvgIpc) is 3.08. The van der Waals surface area contributed by atoms with Crippen molar-refractivity contribution in [3.8, 4) is 11.3 Å². The molecule has 1 aromatic carbocycles. The van der Waals surface area contributed by atoms with Crippen LogP contribution in [0.5, 0.6) is 0 Å². The first-order valence-corrected chi connectivity index (χ1v) is 10.8. The molecule has 1 aliphatic carbocycles. The quantitative estimate of drug-likeness (QED) is 0.615. The Balaban J connectivity index is 1.80. The summed E-state index contributed by atoms with van der Waals surface area (Å²) in [4.78, 5) is 5.18. The summed E-state index contributed by atoms with van der Waals surface area (Å²) in [6, 6.07) is 4.05. The van der Waals surface area contributed by atoms with Gasteiger partial charge >= 0.3 is 6.18 Å². The summed E-state index contributed by atoms with van der Waals surface area (Å²) in [7, 11) is 0. The van der Waals surface area contributed by atoms with Gasteiger partial charge in [0, 0.05) is 15.7 Å². The van der Waals surface area contributed by atoms with Gasteiger partial charge in [-0.15, -0.1) is 11.8 Å². The lowest BCUT2D eigenvalue weighted by atomic mass is 9.96. The first kappa shape index (κ1) is 20.6. The van der Waals surface area contributed by atoms with Crippen molar-refractivity contribution < 1.29 is 23.4 Å². The van der Waals surface area contributed by atoms with Gasteiger partial charge in [-0.05, 0) is 45.7 Å². The van der Waals surface area contributed by atoms with E-state index in [0.29, 0.717) is 39.8 Å². The average molecular weight is 444 g/mol. The lowest BCUT2D eigenvalue weighted by molar-refractivity contribution is -0.139. The van der Waals surface area contributed by atoms with Crippen molar-refractivity contribution in [2.75, 3.05) is 0 Å². The lowest BCUT2D eigenvalue weighted by Crippen LogP contribution is -2.30. The third-order valence-corrected chi connectivity index (χ3v) is 7.36. The molecule has 1 saturated carbocycles. The zero-order valence-corrected chi connectivity index (χ0v) is 17.6. The molecule has 1 fully saturated rings. The van der Waals surface area contributed by atoms with Crippen LogP contribution in [0.2, 0.25) is 0 Å². The highest BCUT2D eigenvalue weighted by atomic mass is 32.2. The SMILES string of the molecule is Cc1nc2sc(C(C)(C)O)nn2c1-c1ccc(C(F)(F)F)c(S[C@H]2C[C@H](O)C2)c1. The number of aliphatic hydroxyl groups excluding tert-OH is 1. The van der Waals surface area contributed by atoms with E-state index in [1.54, 1.807) is 25.3 Å². The summed E-state index contributed by atoms with van der Waals surface area (Å²) in [6.45, 7) is 5.03. The van der Waals surface area contributed by atoms with Gasteiger partial charge in [-0.2, -0.15) is 18.3 Å². The van der Waals surface area contributed by atoms with Crippen LogP contribution in [-0.4, -0.2) is 36.2 Å². The largest absolute Gasteiger partial charge is 0.417 e. The van der Waals surface area contributed by atoms with Gasteiger partial charge in [0.2, 0.25) is 4.96 Å². The zero-order chi connectivity index (χ0) is 21.1. The number of aliphatic hydroxyl groups is 2. The number of aryl methyl sites for hydroxylation is 1. The van der Waals surface area contributed by atoms with Crippen LogP contribution in [-0.2, 0) is 11.8 Å². The van der Waals surface area contributed by atoms with E-state index >= 15 is 0 Å². The van der Waals surface area contributed by atoms with Crippen LogP contribution in [0.4, 0.5) is 13.2 Å². The van der Waals surface area contributed by atoms with Gasteiger partial charge in [0.05, 0.1) is 23.1 Å². The fourth-order valence-electron chi connectivity index (χ4n) is 3.24. The molecule has 2 heterocycles. The topological polar surface area (TPSA) is 70.7 Å². The fourth-order valence-corrected chi connectivity index (χ4v) is 5.69. The van der Waals surface area contributed by atoms with E-state index in [2.05, 4.69) is 10.1 Å². The summed E-state index contributed by atoms with van der Waals surface area (Å²) in [5, 5.41) is 24.6. The minimum atomic E-state index is -4.46. The molecule has 0 radical (unpaired) electrons. The molecule has 156 valence electrons. The van der Waals surface area contributed by atoms with Crippen LogP contribution >= 0.6 is 23.1 Å². The number of aromatic nitrogens is 3. The van der Waals surface area contributed by atoms with Gasteiger partial charge in [-0.1, -0.05) is 17.4 Å². The monoisotopic (exact) mass is 443 g/mol. The predicted octanol–water partition coefficient (Wildman–Crippen LogP) is 4.63. The third kappa shape index (κ3) is 3.90. The van der Waals surface area contributed by atoms with E-state index in [1.165, 1.54) is 23.5 Å². The summed E-state index contributed by atoms with van der Waals surface area (Å²) in [5.41, 5.74) is 0.0271. The van der Waals surface area contributed by atoms with E-state index in [1.807, 2.05) is 0 Å². The first-order valence-electron chi connectivity index (χ1n) is 9.09. The lowest BCUT2D eigenvalue weighted by Gasteiger charge is -2.31. The molecule has 5 nitrogen and oxygen atoms in total. The molecule has 0 unspecified atom stereocenters. The second-order valence-corrected chi connectivity index (χ2v) is 10.1. The van der Waals surface area contributed by atoms with Gasteiger partial charge in [0.1, 0.15) is 10.6 Å². The van der Waals surface area contributed by atoms with Crippen molar-refractivity contribution in [1.82, 2.24) is 14.6 Å². The van der Waals surface area contributed by atoms with Crippen molar-refractivity contribution in [1.29, 1.82) is 0 Å². The molecule has 0 aliphatic heterocycles. The molecule has 29 heavy (non-hydrogen) atoms. The Bertz CT molecular complexity index is 1060. The zero-order valence-electron chi connectivity index (χ0n) is 16.0. The smallest absolute Gasteiger partial charge is 0.393 e. The first-order chi connectivity index (χ1) is 13.4. The van der Waals surface area contributed by atoms with E-state index in [4.69, 9.17) is 0 Å². The predicted molar refractivity (Wildman–Crippen MR) is 106 cm³/mol. The van der Waals surface area contributed by atoms with Crippen molar-refractivity contribution in [3.63, 3.8) is 0 Å². The summed E-state index contributed by atoms with van der Waals surface area (Å²) in [6.07, 6.45) is -3.91. The number of hydrogen-bond acceptors (Lipinski definition) is 6. The molecule has 0 spiro atoms. The molecule has 3 aromatic rings. The molecule has 0 atom stereocenters. The Morgan fingerprint density at radius 2 is 1.93 bits per heavy atom. The molecule has 0 bridgehead atoms. The second-order valence-electron chi connectivity index (χ2n) is 7.78. The van der Waals surface area contributed by atoms with Gasteiger partial charge in [-0.3, -0.25) is 0 Å². The number of hydrogen-bond donors (Lipinski definition) is 2. The molecule has 2 aromatic heterocycles. The van der Waals surface area contributed by atoms with E-state index in [9.17, 15) is 23.4 Å². The van der Waals surface area contributed by atoms with Gasteiger partial charge in [0.25, 0.3) is 0 Å². The molecule has 10 heteroatoms. The second kappa shape index (κ2) is 6.97. The van der Waals surface area contributed by atoms with E-state index in [-0.39, 0.29) is 10.1 Å².